The first-order chi connectivity index (χ1) is 14.6. The number of methoxy groups -OCH3 is 1. The Labute approximate surface area is 182 Å². The Balaban J connectivity index is 1.68. The van der Waals surface area contributed by atoms with E-state index in [2.05, 4.69) is 24.4 Å². The molecule has 0 spiro atoms. The fourth-order valence-corrected chi connectivity index (χ4v) is 3.19. The summed E-state index contributed by atoms with van der Waals surface area (Å²) in [6.45, 7) is 2.45. The number of amides is 1. The molecule has 30 heavy (non-hydrogen) atoms. The maximum Gasteiger partial charge on any atom is 0.255 e. The van der Waals surface area contributed by atoms with Crippen molar-refractivity contribution in [3.8, 4) is 11.5 Å². The summed E-state index contributed by atoms with van der Waals surface area (Å²) >= 11 is 5.91. The van der Waals surface area contributed by atoms with Crippen LogP contribution in [0.2, 0.25) is 5.02 Å². The summed E-state index contributed by atoms with van der Waals surface area (Å²) in [5.41, 5.74) is 3.38. The maximum atomic E-state index is 12.7. The summed E-state index contributed by atoms with van der Waals surface area (Å²) in [5, 5.41) is 3.60. The van der Waals surface area contributed by atoms with Crippen molar-refractivity contribution in [1.29, 1.82) is 0 Å². The molecule has 156 valence electrons. The van der Waals surface area contributed by atoms with Crippen LogP contribution >= 0.6 is 11.6 Å². The van der Waals surface area contributed by atoms with E-state index in [0.717, 1.165) is 17.7 Å². The van der Waals surface area contributed by atoms with Crippen molar-refractivity contribution in [3.05, 3.63) is 88.4 Å². The monoisotopic (exact) mass is 423 g/mol. The standard InChI is InChI=1S/C25H26ClNO3/c1-3-4-5-18-6-11-22(12-7-18)27-25(28)19-8-15-24(29-2)20(16-19)17-30-23-13-9-21(26)10-14-23/h6-16H,3-5,17H2,1-2H3,(H,27,28). The van der Waals surface area contributed by atoms with E-state index in [-0.39, 0.29) is 12.5 Å². The van der Waals surface area contributed by atoms with E-state index in [4.69, 9.17) is 21.1 Å². The molecule has 3 rings (SSSR count). The Kier molecular flexibility index (Phi) is 7.75. The predicted molar refractivity (Wildman–Crippen MR) is 122 cm³/mol. The molecule has 0 bridgehead atoms. The third-order valence-electron chi connectivity index (χ3n) is 4.78. The Morgan fingerprint density at radius 3 is 2.40 bits per heavy atom. The molecule has 4 nitrogen and oxygen atoms in total. The van der Waals surface area contributed by atoms with Gasteiger partial charge in [-0.2, -0.15) is 0 Å². The van der Waals surface area contributed by atoms with E-state index in [1.54, 1.807) is 49.6 Å². The molecule has 1 amide bonds. The summed E-state index contributed by atoms with van der Waals surface area (Å²) in [6.07, 6.45) is 3.39. The molecule has 0 saturated heterocycles. The number of hydrogen-bond donors (Lipinski definition) is 1. The number of carbonyl (C=O) groups is 1. The van der Waals surface area contributed by atoms with E-state index in [9.17, 15) is 4.79 Å². The lowest BCUT2D eigenvalue weighted by atomic mass is 10.1. The Hall–Kier alpha value is -2.98. The first-order valence-electron chi connectivity index (χ1n) is 10.0. The molecular weight excluding hydrogens is 398 g/mol. The normalized spacial score (nSPS) is 10.5. The van der Waals surface area contributed by atoms with Gasteiger partial charge in [0.2, 0.25) is 0 Å². The maximum absolute atomic E-state index is 12.7. The number of unbranched alkanes of at least 4 members (excludes halogenated alkanes) is 1. The third-order valence-corrected chi connectivity index (χ3v) is 5.03. The lowest BCUT2D eigenvalue weighted by Crippen LogP contribution is -2.13. The molecule has 1 N–H and O–H groups in total. The van der Waals surface area contributed by atoms with Gasteiger partial charge in [-0.15, -0.1) is 0 Å². The fourth-order valence-electron chi connectivity index (χ4n) is 3.06. The van der Waals surface area contributed by atoms with Crippen molar-refractivity contribution in [2.45, 2.75) is 32.8 Å². The Bertz CT molecular complexity index is 969. The average molecular weight is 424 g/mol. The summed E-state index contributed by atoms with van der Waals surface area (Å²) in [4.78, 5) is 12.7. The molecule has 0 saturated carbocycles. The van der Waals surface area contributed by atoms with Crippen LogP contribution in [-0.2, 0) is 13.0 Å². The fraction of sp³-hybridized carbons (Fsp3) is 0.240. The van der Waals surface area contributed by atoms with Crippen LogP contribution in [0.5, 0.6) is 11.5 Å². The summed E-state index contributed by atoms with van der Waals surface area (Å²) in [6, 6.07) is 20.5. The highest BCUT2D eigenvalue weighted by atomic mass is 35.5. The van der Waals surface area contributed by atoms with Crippen LogP contribution < -0.4 is 14.8 Å². The van der Waals surface area contributed by atoms with Crippen molar-refractivity contribution in [1.82, 2.24) is 0 Å². The van der Waals surface area contributed by atoms with Crippen molar-refractivity contribution in [2.24, 2.45) is 0 Å². The summed E-state index contributed by atoms with van der Waals surface area (Å²) < 4.78 is 11.2. The first kappa shape index (κ1) is 21.7. The van der Waals surface area contributed by atoms with Gasteiger partial charge in [0.1, 0.15) is 18.1 Å². The van der Waals surface area contributed by atoms with Crippen LogP contribution in [-0.4, -0.2) is 13.0 Å². The lowest BCUT2D eigenvalue weighted by Gasteiger charge is -2.13. The summed E-state index contributed by atoms with van der Waals surface area (Å²) in [7, 11) is 1.60. The highest BCUT2D eigenvalue weighted by Gasteiger charge is 2.12. The van der Waals surface area contributed by atoms with Gasteiger partial charge in [-0.25, -0.2) is 0 Å². The number of halogens is 1. The van der Waals surface area contributed by atoms with Gasteiger partial charge in [-0.1, -0.05) is 37.1 Å². The van der Waals surface area contributed by atoms with E-state index < -0.39 is 0 Å². The molecule has 3 aromatic rings. The quantitative estimate of drug-likeness (QED) is 0.426. The molecule has 0 atom stereocenters. The summed E-state index contributed by atoms with van der Waals surface area (Å²) in [5.74, 6) is 1.19. The number of nitrogens with one attached hydrogen (secondary N) is 1. The third kappa shape index (κ3) is 6.01. The van der Waals surface area contributed by atoms with Crippen molar-refractivity contribution >= 4 is 23.2 Å². The predicted octanol–water partition coefficient (Wildman–Crippen LogP) is 6.52. The zero-order valence-electron chi connectivity index (χ0n) is 17.3. The minimum atomic E-state index is -0.174. The van der Waals surface area contributed by atoms with E-state index in [1.807, 2.05) is 12.1 Å². The largest absolute Gasteiger partial charge is 0.496 e. The molecule has 0 aromatic heterocycles. The second kappa shape index (κ2) is 10.7. The van der Waals surface area contributed by atoms with Crippen LogP contribution in [0.15, 0.2) is 66.7 Å². The van der Waals surface area contributed by atoms with Gasteiger partial charge in [-0.05, 0) is 73.0 Å². The average Bonchev–Trinajstić information content (AvgIpc) is 2.78. The Morgan fingerprint density at radius 2 is 1.73 bits per heavy atom. The van der Waals surface area contributed by atoms with Crippen molar-refractivity contribution in [3.63, 3.8) is 0 Å². The lowest BCUT2D eigenvalue weighted by molar-refractivity contribution is 0.102. The molecular formula is C25H26ClNO3. The van der Waals surface area contributed by atoms with Gasteiger partial charge in [0.25, 0.3) is 5.91 Å². The molecule has 0 aliphatic heterocycles. The van der Waals surface area contributed by atoms with Gasteiger partial charge in [0.05, 0.1) is 7.11 Å². The SMILES string of the molecule is CCCCc1ccc(NC(=O)c2ccc(OC)c(COc3ccc(Cl)cc3)c2)cc1. The number of benzene rings is 3. The van der Waals surface area contributed by atoms with Crippen LogP contribution in [0.25, 0.3) is 0 Å². The molecule has 0 fully saturated rings. The molecule has 0 heterocycles. The minimum absolute atomic E-state index is 0.174. The highest BCUT2D eigenvalue weighted by Crippen LogP contribution is 2.24. The Morgan fingerprint density at radius 1 is 1.00 bits per heavy atom. The van der Waals surface area contributed by atoms with Crippen molar-refractivity contribution in [2.75, 3.05) is 12.4 Å². The van der Waals surface area contributed by atoms with Gasteiger partial charge < -0.3 is 14.8 Å². The molecule has 0 radical (unpaired) electrons. The van der Waals surface area contributed by atoms with Crippen LogP contribution in [0, 0.1) is 0 Å². The topological polar surface area (TPSA) is 47.6 Å². The number of rotatable bonds is 9. The molecule has 5 heteroatoms. The second-order valence-corrected chi connectivity index (χ2v) is 7.46. The number of carbonyl (C=O) groups excluding carboxylic acids is 1. The van der Waals surface area contributed by atoms with E-state index >= 15 is 0 Å². The molecule has 0 unspecified atom stereocenters. The van der Waals surface area contributed by atoms with Gasteiger partial charge in [0.15, 0.2) is 0 Å². The molecule has 3 aromatic carbocycles. The van der Waals surface area contributed by atoms with Gasteiger partial charge >= 0.3 is 0 Å². The van der Waals surface area contributed by atoms with Crippen LogP contribution in [0.4, 0.5) is 5.69 Å². The van der Waals surface area contributed by atoms with E-state index in [0.29, 0.717) is 22.1 Å². The number of anilines is 1. The number of ether oxygens (including phenoxy) is 2. The van der Waals surface area contributed by atoms with Gasteiger partial charge in [0, 0.05) is 21.8 Å². The number of aryl methyl sites for hydroxylation is 1. The highest BCUT2D eigenvalue weighted by molar-refractivity contribution is 6.30. The smallest absolute Gasteiger partial charge is 0.255 e. The van der Waals surface area contributed by atoms with Crippen molar-refractivity contribution < 1.29 is 14.3 Å². The zero-order valence-corrected chi connectivity index (χ0v) is 18.0. The van der Waals surface area contributed by atoms with E-state index in [1.165, 1.54) is 18.4 Å². The molecule has 0 aliphatic rings. The zero-order chi connectivity index (χ0) is 21.3. The first-order valence-corrected chi connectivity index (χ1v) is 10.4. The van der Waals surface area contributed by atoms with Gasteiger partial charge in [-0.3, -0.25) is 4.79 Å². The van der Waals surface area contributed by atoms with Crippen LogP contribution in [0.3, 0.4) is 0 Å². The minimum Gasteiger partial charge on any atom is -0.496 e. The molecule has 0 aliphatic carbocycles. The van der Waals surface area contributed by atoms with Crippen LogP contribution in [0.1, 0.15) is 41.3 Å². The second-order valence-electron chi connectivity index (χ2n) is 7.02. The number of hydrogen-bond acceptors (Lipinski definition) is 3.